The average Bonchev–Trinajstić information content (AvgIpc) is 2.95. The Morgan fingerprint density at radius 2 is 2.38 bits per heavy atom. The smallest absolute Gasteiger partial charge is 0.277 e. The maximum atomic E-state index is 12.0. The molecule has 1 heterocycles. The average molecular weight is 286 g/mol. The van der Waals surface area contributed by atoms with Gasteiger partial charge < -0.3 is 15.8 Å². The van der Waals surface area contributed by atoms with E-state index in [4.69, 9.17) is 15.7 Å². The van der Waals surface area contributed by atoms with Gasteiger partial charge in [-0.25, -0.2) is 0 Å². The molecular weight excluding hydrogens is 272 g/mol. The Morgan fingerprint density at radius 3 is 3.14 bits per heavy atom. The first-order valence-electron chi connectivity index (χ1n) is 6.24. The molecule has 21 heavy (non-hydrogen) atoms. The Labute approximate surface area is 121 Å². The number of aromatic nitrogens is 3. The molecule has 0 radical (unpaired) electrons. The number of rotatable bonds is 6. The minimum absolute atomic E-state index is 0.0508. The lowest BCUT2D eigenvalue weighted by Crippen LogP contribution is -2.13. The van der Waals surface area contributed by atoms with Gasteiger partial charge in [-0.05, 0) is 12.1 Å². The first-order valence-corrected chi connectivity index (χ1v) is 6.24. The number of carbonyl (C=O) groups excluding carboxylic acids is 1. The molecule has 3 N–H and O–H groups in total. The number of hydrogen-bond donors (Lipinski definition) is 2. The SMILES string of the molecule is N#CCOc1cccc(NC(=O)c2cn(CCN)nn2)c1. The quantitative estimate of drug-likeness (QED) is 0.793. The summed E-state index contributed by atoms with van der Waals surface area (Å²) in [4.78, 5) is 12.0. The minimum Gasteiger partial charge on any atom is -0.479 e. The molecule has 2 rings (SSSR count). The molecule has 0 unspecified atom stereocenters. The van der Waals surface area contributed by atoms with Crippen molar-refractivity contribution in [3.8, 4) is 11.8 Å². The third-order valence-electron chi connectivity index (χ3n) is 2.52. The van der Waals surface area contributed by atoms with E-state index in [1.165, 1.54) is 10.9 Å². The molecule has 0 atom stereocenters. The molecule has 2 aromatic rings. The van der Waals surface area contributed by atoms with Crippen molar-refractivity contribution in [3.63, 3.8) is 0 Å². The lowest BCUT2D eigenvalue weighted by atomic mass is 10.3. The van der Waals surface area contributed by atoms with Crippen molar-refractivity contribution < 1.29 is 9.53 Å². The third kappa shape index (κ3) is 4.02. The maximum absolute atomic E-state index is 12.0. The molecule has 0 saturated heterocycles. The third-order valence-corrected chi connectivity index (χ3v) is 2.52. The van der Waals surface area contributed by atoms with Crippen LogP contribution in [0.3, 0.4) is 0 Å². The summed E-state index contributed by atoms with van der Waals surface area (Å²) in [6.45, 7) is 0.866. The number of nitriles is 1. The summed E-state index contributed by atoms with van der Waals surface area (Å²) in [7, 11) is 0. The number of ether oxygens (including phenoxy) is 1. The Bertz CT molecular complexity index is 661. The van der Waals surface area contributed by atoms with E-state index in [0.29, 0.717) is 24.5 Å². The van der Waals surface area contributed by atoms with E-state index in [0.717, 1.165) is 0 Å². The molecule has 1 aromatic carbocycles. The Balaban J connectivity index is 2.03. The fourth-order valence-electron chi connectivity index (χ4n) is 1.62. The molecule has 0 aliphatic heterocycles. The highest BCUT2D eigenvalue weighted by Gasteiger charge is 2.11. The van der Waals surface area contributed by atoms with Crippen molar-refractivity contribution in [2.45, 2.75) is 6.54 Å². The molecule has 0 bridgehead atoms. The standard InChI is InChI=1S/C13H14N6O2/c14-4-6-19-9-12(17-18-19)13(20)16-10-2-1-3-11(8-10)21-7-5-15/h1-3,8-9H,4,6-7,14H2,(H,16,20). The molecule has 1 aromatic heterocycles. The Kier molecular flexibility index (Phi) is 4.84. The van der Waals surface area contributed by atoms with Crippen LogP contribution in [0.5, 0.6) is 5.75 Å². The number of nitrogens with two attached hydrogens (primary N) is 1. The van der Waals surface area contributed by atoms with Gasteiger partial charge in [0, 0.05) is 18.3 Å². The van der Waals surface area contributed by atoms with E-state index in [-0.39, 0.29) is 18.2 Å². The van der Waals surface area contributed by atoms with Crippen LogP contribution in [-0.4, -0.2) is 34.1 Å². The van der Waals surface area contributed by atoms with Gasteiger partial charge >= 0.3 is 0 Å². The zero-order valence-corrected chi connectivity index (χ0v) is 11.2. The summed E-state index contributed by atoms with van der Waals surface area (Å²) in [6.07, 6.45) is 1.53. The number of nitrogens with zero attached hydrogens (tertiary/aromatic N) is 4. The number of anilines is 1. The summed E-state index contributed by atoms with van der Waals surface area (Å²) in [6, 6.07) is 8.63. The van der Waals surface area contributed by atoms with E-state index in [1.54, 1.807) is 24.3 Å². The molecule has 0 aliphatic carbocycles. The van der Waals surface area contributed by atoms with Crippen LogP contribution in [0.25, 0.3) is 0 Å². The summed E-state index contributed by atoms with van der Waals surface area (Å²) in [5.74, 6) is 0.122. The topological polar surface area (TPSA) is 119 Å². The lowest BCUT2D eigenvalue weighted by molar-refractivity contribution is 0.102. The van der Waals surface area contributed by atoms with Gasteiger partial charge in [-0.2, -0.15) is 5.26 Å². The van der Waals surface area contributed by atoms with Crippen LogP contribution in [0.1, 0.15) is 10.5 Å². The summed E-state index contributed by atoms with van der Waals surface area (Å²) < 4.78 is 6.66. The molecule has 0 spiro atoms. The van der Waals surface area contributed by atoms with Crippen LogP contribution in [0.15, 0.2) is 30.5 Å². The van der Waals surface area contributed by atoms with Gasteiger partial charge in [-0.3, -0.25) is 9.48 Å². The van der Waals surface area contributed by atoms with Gasteiger partial charge in [-0.1, -0.05) is 11.3 Å². The van der Waals surface area contributed by atoms with Crippen molar-refractivity contribution in [2.75, 3.05) is 18.5 Å². The zero-order valence-electron chi connectivity index (χ0n) is 11.2. The predicted molar refractivity (Wildman–Crippen MR) is 74.6 cm³/mol. The first-order chi connectivity index (χ1) is 10.2. The van der Waals surface area contributed by atoms with Gasteiger partial charge in [0.1, 0.15) is 11.8 Å². The van der Waals surface area contributed by atoms with Gasteiger partial charge in [0.05, 0.1) is 12.7 Å². The van der Waals surface area contributed by atoms with Crippen LogP contribution < -0.4 is 15.8 Å². The number of nitrogens with one attached hydrogen (secondary N) is 1. The first kappa shape index (κ1) is 14.5. The van der Waals surface area contributed by atoms with Gasteiger partial charge in [0.25, 0.3) is 5.91 Å². The fraction of sp³-hybridized carbons (Fsp3) is 0.231. The van der Waals surface area contributed by atoms with Crippen molar-refractivity contribution in [1.82, 2.24) is 15.0 Å². The van der Waals surface area contributed by atoms with Gasteiger partial charge in [0.15, 0.2) is 12.3 Å². The van der Waals surface area contributed by atoms with Crippen molar-refractivity contribution in [3.05, 3.63) is 36.2 Å². The lowest BCUT2D eigenvalue weighted by Gasteiger charge is -2.05. The van der Waals surface area contributed by atoms with Crippen LogP contribution >= 0.6 is 0 Å². The summed E-state index contributed by atoms with van der Waals surface area (Å²) in [5.41, 5.74) is 6.15. The molecule has 108 valence electrons. The Morgan fingerprint density at radius 1 is 1.52 bits per heavy atom. The van der Waals surface area contributed by atoms with E-state index in [1.807, 2.05) is 6.07 Å². The van der Waals surface area contributed by atoms with Crippen molar-refractivity contribution in [1.29, 1.82) is 5.26 Å². The van der Waals surface area contributed by atoms with Crippen molar-refractivity contribution in [2.24, 2.45) is 5.73 Å². The summed E-state index contributed by atoms with van der Waals surface area (Å²) in [5, 5.41) is 18.7. The van der Waals surface area contributed by atoms with Crippen LogP contribution in [0.2, 0.25) is 0 Å². The fourth-order valence-corrected chi connectivity index (χ4v) is 1.62. The minimum atomic E-state index is -0.379. The molecule has 1 amide bonds. The monoisotopic (exact) mass is 286 g/mol. The molecular formula is C13H14N6O2. The normalized spacial score (nSPS) is 9.90. The zero-order chi connectivity index (χ0) is 15.1. The van der Waals surface area contributed by atoms with E-state index >= 15 is 0 Å². The van der Waals surface area contributed by atoms with E-state index in [2.05, 4.69) is 15.6 Å². The molecule has 8 heteroatoms. The number of benzene rings is 1. The molecule has 0 aliphatic rings. The number of carbonyl (C=O) groups is 1. The molecule has 0 fully saturated rings. The molecule has 0 saturated carbocycles. The number of amides is 1. The number of hydrogen-bond acceptors (Lipinski definition) is 6. The van der Waals surface area contributed by atoms with E-state index in [9.17, 15) is 4.79 Å². The van der Waals surface area contributed by atoms with Crippen LogP contribution in [0, 0.1) is 11.3 Å². The van der Waals surface area contributed by atoms with Crippen LogP contribution in [-0.2, 0) is 6.54 Å². The highest BCUT2D eigenvalue weighted by Crippen LogP contribution is 2.17. The predicted octanol–water partition coefficient (Wildman–Crippen LogP) is 0.391. The second kappa shape index (κ2) is 7.02. The highest BCUT2D eigenvalue weighted by atomic mass is 16.5. The van der Waals surface area contributed by atoms with Crippen LogP contribution in [0.4, 0.5) is 5.69 Å². The van der Waals surface area contributed by atoms with E-state index < -0.39 is 0 Å². The second-order valence-electron chi connectivity index (χ2n) is 4.08. The second-order valence-corrected chi connectivity index (χ2v) is 4.08. The Hall–Kier alpha value is -2.92. The van der Waals surface area contributed by atoms with Gasteiger partial charge in [0.2, 0.25) is 0 Å². The van der Waals surface area contributed by atoms with Crippen molar-refractivity contribution >= 4 is 11.6 Å². The maximum Gasteiger partial charge on any atom is 0.277 e. The largest absolute Gasteiger partial charge is 0.479 e. The summed E-state index contributed by atoms with van der Waals surface area (Å²) >= 11 is 0. The van der Waals surface area contributed by atoms with Gasteiger partial charge in [-0.15, -0.1) is 5.10 Å². The highest BCUT2D eigenvalue weighted by molar-refractivity contribution is 6.02. The molecule has 8 nitrogen and oxygen atoms in total.